The van der Waals surface area contributed by atoms with E-state index in [2.05, 4.69) is 23.8 Å². The summed E-state index contributed by atoms with van der Waals surface area (Å²) in [6, 6.07) is 8.49. The Morgan fingerprint density at radius 1 is 1.33 bits per heavy atom. The molecule has 1 aromatic rings. The largest absolute Gasteiger partial charge is 0.326 e. The topological polar surface area (TPSA) is 41.1 Å². The fourth-order valence-corrected chi connectivity index (χ4v) is 2.19. The fraction of sp³-hybridized carbons (Fsp3) is 0.500. The van der Waals surface area contributed by atoms with Crippen molar-refractivity contribution in [1.29, 1.82) is 0 Å². The number of thioether (sulfide) groups is 1. The second-order valence-electron chi connectivity index (χ2n) is 4.44. The van der Waals surface area contributed by atoms with Crippen LogP contribution in [0.3, 0.4) is 0 Å². The Hall–Kier alpha value is -1.00. The quantitative estimate of drug-likeness (QED) is 0.797. The molecule has 0 aliphatic heterocycles. The molecule has 0 saturated heterocycles. The van der Waals surface area contributed by atoms with E-state index < -0.39 is 0 Å². The van der Waals surface area contributed by atoms with Crippen molar-refractivity contribution in [2.45, 2.75) is 32.9 Å². The lowest BCUT2D eigenvalue weighted by Gasteiger charge is -2.13. The summed E-state index contributed by atoms with van der Waals surface area (Å²) in [5.74, 6) is 1.15. The van der Waals surface area contributed by atoms with E-state index in [-0.39, 0.29) is 5.91 Å². The molecular weight excluding hydrogens is 244 g/mol. The van der Waals surface area contributed by atoms with Crippen LogP contribution in [-0.4, -0.2) is 24.0 Å². The van der Waals surface area contributed by atoms with Crippen LogP contribution in [0, 0.1) is 0 Å². The van der Waals surface area contributed by atoms with Gasteiger partial charge in [0.15, 0.2) is 0 Å². The number of rotatable bonds is 7. The Balaban J connectivity index is 2.36. The first-order valence-electron chi connectivity index (χ1n) is 6.20. The number of carbonyl (C=O) groups excluding carboxylic acids is 1. The molecule has 4 heteroatoms. The highest BCUT2D eigenvalue weighted by molar-refractivity contribution is 7.98. The van der Waals surface area contributed by atoms with E-state index in [9.17, 15) is 4.79 Å². The van der Waals surface area contributed by atoms with Crippen molar-refractivity contribution in [2.75, 3.05) is 17.3 Å². The molecule has 1 rings (SSSR count). The smallest absolute Gasteiger partial charge is 0.221 e. The second-order valence-corrected chi connectivity index (χ2v) is 5.43. The van der Waals surface area contributed by atoms with Gasteiger partial charge in [0, 0.05) is 25.2 Å². The molecule has 2 N–H and O–H groups in total. The molecule has 1 atom stereocenters. The van der Waals surface area contributed by atoms with Crippen LogP contribution in [-0.2, 0) is 11.3 Å². The predicted octanol–water partition coefficient (Wildman–Crippen LogP) is 2.88. The van der Waals surface area contributed by atoms with E-state index in [1.807, 2.05) is 36.0 Å². The normalized spacial score (nSPS) is 12.2. The van der Waals surface area contributed by atoms with Gasteiger partial charge in [-0.15, -0.1) is 0 Å². The summed E-state index contributed by atoms with van der Waals surface area (Å²) in [6.07, 6.45) is 3.32. The zero-order chi connectivity index (χ0) is 13.4. The van der Waals surface area contributed by atoms with Gasteiger partial charge < -0.3 is 10.6 Å². The van der Waals surface area contributed by atoms with Crippen molar-refractivity contribution in [1.82, 2.24) is 5.32 Å². The average Bonchev–Trinajstić information content (AvgIpc) is 2.35. The van der Waals surface area contributed by atoms with Crippen molar-refractivity contribution < 1.29 is 4.79 Å². The van der Waals surface area contributed by atoms with E-state index in [0.717, 1.165) is 12.2 Å². The van der Waals surface area contributed by atoms with E-state index in [0.29, 0.717) is 6.04 Å². The van der Waals surface area contributed by atoms with Crippen LogP contribution in [0.5, 0.6) is 0 Å². The Kier molecular flexibility index (Phi) is 6.83. The van der Waals surface area contributed by atoms with Gasteiger partial charge in [0.25, 0.3) is 0 Å². The zero-order valence-corrected chi connectivity index (χ0v) is 12.1. The summed E-state index contributed by atoms with van der Waals surface area (Å²) in [6.45, 7) is 4.60. The monoisotopic (exact) mass is 266 g/mol. The minimum Gasteiger partial charge on any atom is -0.326 e. The maximum atomic E-state index is 10.9. The summed E-state index contributed by atoms with van der Waals surface area (Å²) in [7, 11) is 0. The Morgan fingerprint density at radius 3 is 2.56 bits per heavy atom. The lowest BCUT2D eigenvalue weighted by molar-refractivity contribution is -0.114. The number of amides is 1. The molecule has 18 heavy (non-hydrogen) atoms. The van der Waals surface area contributed by atoms with E-state index in [4.69, 9.17) is 0 Å². The van der Waals surface area contributed by atoms with Gasteiger partial charge in [0.1, 0.15) is 0 Å². The lowest BCUT2D eigenvalue weighted by atomic mass is 10.2. The van der Waals surface area contributed by atoms with Crippen LogP contribution in [0.2, 0.25) is 0 Å². The van der Waals surface area contributed by atoms with Crippen molar-refractivity contribution in [3.8, 4) is 0 Å². The zero-order valence-electron chi connectivity index (χ0n) is 11.3. The molecule has 0 aliphatic rings. The van der Waals surface area contributed by atoms with Crippen molar-refractivity contribution in [3.63, 3.8) is 0 Å². The van der Waals surface area contributed by atoms with E-state index >= 15 is 0 Å². The van der Waals surface area contributed by atoms with Crippen LogP contribution in [0.25, 0.3) is 0 Å². The summed E-state index contributed by atoms with van der Waals surface area (Å²) in [5.41, 5.74) is 2.08. The molecule has 0 radical (unpaired) electrons. The summed E-state index contributed by atoms with van der Waals surface area (Å²) in [5, 5.41) is 6.26. The predicted molar refractivity (Wildman–Crippen MR) is 80.0 cm³/mol. The molecule has 0 spiro atoms. The molecule has 100 valence electrons. The van der Waals surface area contributed by atoms with Gasteiger partial charge in [-0.05, 0) is 43.0 Å². The maximum absolute atomic E-state index is 10.9. The Labute approximate surface area is 114 Å². The number of hydrogen-bond donors (Lipinski definition) is 2. The van der Waals surface area contributed by atoms with Crippen molar-refractivity contribution in [2.24, 2.45) is 0 Å². The molecule has 0 aliphatic carbocycles. The average molecular weight is 266 g/mol. The first-order valence-corrected chi connectivity index (χ1v) is 7.60. The van der Waals surface area contributed by atoms with E-state index in [1.54, 1.807) is 0 Å². The number of anilines is 1. The molecule has 1 aromatic carbocycles. The van der Waals surface area contributed by atoms with Gasteiger partial charge in [-0.3, -0.25) is 4.79 Å². The molecule has 1 amide bonds. The SMILES string of the molecule is CSCCC(C)NCc1ccc(NC(C)=O)cc1. The number of carbonyl (C=O) groups is 1. The number of benzene rings is 1. The second kappa shape index (κ2) is 8.16. The Morgan fingerprint density at radius 2 is 2.00 bits per heavy atom. The third-order valence-corrected chi connectivity index (χ3v) is 3.33. The third kappa shape index (κ3) is 6.07. The van der Waals surface area contributed by atoms with E-state index in [1.165, 1.54) is 24.7 Å². The van der Waals surface area contributed by atoms with Crippen molar-refractivity contribution in [3.05, 3.63) is 29.8 Å². The van der Waals surface area contributed by atoms with Crippen LogP contribution in [0.15, 0.2) is 24.3 Å². The minimum absolute atomic E-state index is 0.0356. The highest BCUT2D eigenvalue weighted by Gasteiger charge is 2.01. The molecular formula is C14H22N2OS. The molecule has 0 heterocycles. The lowest BCUT2D eigenvalue weighted by Crippen LogP contribution is -2.25. The molecule has 3 nitrogen and oxygen atoms in total. The molecule has 0 bridgehead atoms. The van der Waals surface area contributed by atoms with Crippen LogP contribution >= 0.6 is 11.8 Å². The number of hydrogen-bond acceptors (Lipinski definition) is 3. The molecule has 0 fully saturated rings. The minimum atomic E-state index is -0.0356. The fourth-order valence-electron chi connectivity index (χ4n) is 1.60. The standard InChI is InChI=1S/C14H22N2OS/c1-11(8-9-18-3)15-10-13-4-6-14(7-5-13)16-12(2)17/h4-7,11,15H,8-10H2,1-3H3,(H,16,17). The van der Waals surface area contributed by atoms with Gasteiger partial charge >= 0.3 is 0 Å². The van der Waals surface area contributed by atoms with Gasteiger partial charge in [0.2, 0.25) is 5.91 Å². The van der Waals surface area contributed by atoms with Crippen LogP contribution in [0.4, 0.5) is 5.69 Å². The highest BCUT2D eigenvalue weighted by atomic mass is 32.2. The summed E-state index contributed by atoms with van der Waals surface area (Å²) in [4.78, 5) is 10.9. The summed E-state index contributed by atoms with van der Waals surface area (Å²) >= 11 is 1.88. The third-order valence-electron chi connectivity index (χ3n) is 2.68. The maximum Gasteiger partial charge on any atom is 0.221 e. The molecule has 1 unspecified atom stereocenters. The molecule has 0 aromatic heterocycles. The molecule has 0 saturated carbocycles. The van der Waals surface area contributed by atoms with Crippen LogP contribution in [0.1, 0.15) is 25.8 Å². The van der Waals surface area contributed by atoms with Gasteiger partial charge in [-0.25, -0.2) is 0 Å². The first-order chi connectivity index (χ1) is 8.61. The highest BCUT2D eigenvalue weighted by Crippen LogP contribution is 2.10. The number of nitrogens with one attached hydrogen (secondary N) is 2. The first kappa shape index (κ1) is 15.1. The van der Waals surface area contributed by atoms with Gasteiger partial charge in [0.05, 0.1) is 0 Å². The Bertz CT molecular complexity index is 365. The van der Waals surface area contributed by atoms with Gasteiger partial charge in [-0.2, -0.15) is 11.8 Å². The summed E-state index contributed by atoms with van der Waals surface area (Å²) < 4.78 is 0. The van der Waals surface area contributed by atoms with Crippen LogP contribution < -0.4 is 10.6 Å². The van der Waals surface area contributed by atoms with Gasteiger partial charge in [-0.1, -0.05) is 12.1 Å². The van der Waals surface area contributed by atoms with Crippen molar-refractivity contribution >= 4 is 23.4 Å².